The molecule has 1 aromatic carbocycles. The molecule has 0 radical (unpaired) electrons. The second kappa shape index (κ2) is 7.29. The van der Waals surface area contributed by atoms with E-state index in [-0.39, 0.29) is 10.8 Å². The molecular formula is C18H24FN5O2S. The molecule has 2 aromatic rings. The van der Waals surface area contributed by atoms with Crippen LogP contribution in [0.3, 0.4) is 0 Å². The molecule has 1 aromatic heterocycles. The third-order valence-corrected chi connectivity index (χ3v) is 7.36. The van der Waals surface area contributed by atoms with Crippen molar-refractivity contribution in [2.24, 2.45) is 0 Å². The minimum atomic E-state index is -3.64. The monoisotopic (exact) mass is 393 g/mol. The number of benzene rings is 1. The smallest absolute Gasteiger partial charge is 0.243 e. The van der Waals surface area contributed by atoms with Crippen molar-refractivity contribution in [2.45, 2.75) is 36.6 Å². The molecule has 0 amide bonds. The lowest BCUT2D eigenvalue weighted by Gasteiger charge is -2.31. The number of hydrogen-bond acceptors (Lipinski definition) is 5. The SMILES string of the molecule is CN1CCc2nnc(C3CCCN(S(=O)(=O)c4ccc(F)cc4)C3)n2CC1. The Balaban J connectivity index is 1.57. The Bertz CT molecular complexity index is 912. The minimum Gasteiger partial charge on any atom is -0.313 e. The van der Waals surface area contributed by atoms with Gasteiger partial charge < -0.3 is 9.47 Å². The highest BCUT2D eigenvalue weighted by molar-refractivity contribution is 7.89. The number of sulfonamides is 1. The van der Waals surface area contributed by atoms with E-state index in [9.17, 15) is 12.8 Å². The van der Waals surface area contributed by atoms with Gasteiger partial charge in [-0.2, -0.15) is 4.31 Å². The third kappa shape index (κ3) is 3.63. The zero-order chi connectivity index (χ0) is 19.0. The van der Waals surface area contributed by atoms with Gasteiger partial charge in [0.05, 0.1) is 4.90 Å². The summed E-state index contributed by atoms with van der Waals surface area (Å²) in [5.74, 6) is 1.45. The Labute approximate surface area is 158 Å². The first-order chi connectivity index (χ1) is 12.9. The van der Waals surface area contributed by atoms with Crippen LogP contribution in [0.2, 0.25) is 0 Å². The number of nitrogens with zero attached hydrogens (tertiary/aromatic N) is 5. The largest absolute Gasteiger partial charge is 0.313 e. The molecule has 1 saturated heterocycles. The molecule has 1 unspecified atom stereocenters. The Hall–Kier alpha value is -1.84. The van der Waals surface area contributed by atoms with E-state index in [1.54, 1.807) is 0 Å². The van der Waals surface area contributed by atoms with Crippen LogP contribution in [0.25, 0.3) is 0 Å². The van der Waals surface area contributed by atoms with Crippen LogP contribution >= 0.6 is 0 Å². The predicted octanol–water partition coefficient (Wildman–Crippen LogP) is 1.47. The molecule has 27 heavy (non-hydrogen) atoms. The van der Waals surface area contributed by atoms with E-state index in [1.807, 2.05) is 0 Å². The molecule has 0 spiro atoms. The lowest BCUT2D eigenvalue weighted by molar-refractivity contribution is 0.299. The fourth-order valence-corrected chi connectivity index (χ4v) is 5.40. The Kier molecular flexibility index (Phi) is 5.00. The van der Waals surface area contributed by atoms with Crippen LogP contribution in [-0.4, -0.2) is 65.6 Å². The third-order valence-electron chi connectivity index (χ3n) is 5.48. The molecule has 3 heterocycles. The normalized spacial score (nSPS) is 22.4. The fourth-order valence-electron chi connectivity index (χ4n) is 3.88. The second-order valence-electron chi connectivity index (χ2n) is 7.34. The maximum atomic E-state index is 13.2. The van der Waals surface area contributed by atoms with Gasteiger partial charge in [-0.3, -0.25) is 0 Å². The minimum absolute atomic E-state index is 0.0265. The quantitative estimate of drug-likeness (QED) is 0.790. The van der Waals surface area contributed by atoms with Crippen LogP contribution in [0.5, 0.6) is 0 Å². The van der Waals surface area contributed by atoms with Crippen LogP contribution in [0.4, 0.5) is 4.39 Å². The number of likely N-dealkylation sites (N-methyl/N-ethyl adjacent to an activating group) is 1. The summed E-state index contributed by atoms with van der Waals surface area (Å²) in [6.45, 7) is 3.57. The molecule has 1 atom stereocenters. The first-order valence-corrected chi connectivity index (χ1v) is 10.8. The van der Waals surface area contributed by atoms with Crippen molar-refractivity contribution in [2.75, 3.05) is 33.2 Å². The van der Waals surface area contributed by atoms with Crippen molar-refractivity contribution >= 4 is 10.0 Å². The topological polar surface area (TPSA) is 71.3 Å². The van der Waals surface area contributed by atoms with E-state index in [4.69, 9.17) is 0 Å². The first kappa shape index (κ1) is 18.5. The summed E-state index contributed by atoms with van der Waals surface area (Å²) in [5.41, 5.74) is 0. The second-order valence-corrected chi connectivity index (χ2v) is 9.27. The van der Waals surface area contributed by atoms with Crippen LogP contribution in [0.1, 0.15) is 30.4 Å². The van der Waals surface area contributed by atoms with Crippen LogP contribution < -0.4 is 0 Å². The van der Waals surface area contributed by atoms with E-state index >= 15 is 0 Å². The summed E-state index contributed by atoms with van der Waals surface area (Å²) in [6.07, 6.45) is 2.52. The number of piperidine rings is 1. The Morgan fingerprint density at radius 3 is 2.63 bits per heavy atom. The van der Waals surface area contributed by atoms with Gasteiger partial charge in [0.1, 0.15) is 17.5 Å². The van der Waals surface area contributed by atoms with Gasteiger partial charge in [0.25, 0.3) is 0 Å². The van der Waals surface area contributed by atoms with Crippen molar-refractivity contribution in [1.82, 2.24) is 24.0 Å². The molecule has 146 valence electrons. The van der Waals surface area contributed by atoms with Crippen molar-refractivity contribution in [3.05, 3.63) is 41.7 Å². The molecule has 0 saturated carbocycles. The Morgan fingerprint density at radius 1 is 1.07 bits per heavy atom. The number of aromatic nitrogens is 3. The van der Waals surface area contributed by atoms with Crippen molar-refractivity contribution in [1.29, 1.82) is 0 Å². The van der Waals surface area contributed by atoms with Gasteiger partial charge in [-0.1, -0.05) is 0 Å². The van der Waals surface area contributed by atoms with Crippen molar-refractivity contribution in [3.63, 3.8) is 0 Å². The number of hydrogen-bond donors (Lipinski definition) is 0. The average molecular weight is 393 g/mol. The maximum Gasteiger partial charge on any atom is 0.243 e. The van der Waals surface area contributed by atoms with Crippen molar-refractivity contribution < 1.29 is 12.8 Å². The highest BCUT2D eigenvalue weighted by atomic mass is 32.2. The lowest BCUT2D eigenvalue weighted by Crippen LogP contribution is -2.39. The van der Waals surface area contributed by atoms with Gasteiger partial charge in [-0.25, -0.2) is 12.8 Å². The lowest BCUT2D eigenvalue weighted by atomic mass is 9.99. The number of fused-ring (bicyclic) bond motifs is 1. The summed E-state index contributed by atoms with van der Waals surface area (Å²) in [7, 11) is -1.54. The van der Waals surface area contributed by atoms with Gasteiger partial charge in [0.2, 0.25) is 10.0 Å². The summed E-state index contributed by atoms with van der Waals surface area (Å²) in [4.78, 5) is 2.40. The summed E-state index contributed by atoms with van der Waals surface area (Å²) >= 11 is 0. The van der Waals surface area contributed by atoms with E-state index in [1.165, 1.54) is 28.6 Å². The molecule has 4 rings (SSSR count). The predicted molar refractivity (Wildman–Crippen MR) is 98.4 cm³/mol. The van der Waals surface area contributed by atoms with Gasteiger partial charge in [-0.05, 0) is 44.2 Å². The molecule has 2 aliphatic rings. The molecule has 1 fully saturated rings. The molecule has 7 nitrogen and oxygen atoms in total. The van der Waals surface area contributed by atoms with E-state index in [0.717, 1.165) is 50.5 Å². The van der Waals surface area contributed by atoms with Crippen LogP contribution in [0.15, 0.2) is 29.2 Å². The van der Waals surface area contributed by atoms with E-state index in [2.05, 4.69) is 26.7 Å². The molecular weight excluding hydrogens is 369 g/mol. The van der Waals surface area contributed by atoms with Crippen LogP contribution in [-0.2, 0) is 23.0 Å². The fraction of sp³-hybridized carbons (Fsp3) is 0.556. The zero-order valence-electron chi connectivity index (χ0n) is 15.4. The molecule has 2 aliphatic heterocycles. The molecule has 9 heteroatoms. The molecule has 0 bridgehead atoms. The Morgan fingerprint density at radius 2 is 1.85 bits per heavy atom. The summed E-state index contributed by atoms with van der Waals surface area (Å²) < 4.78 is 42.7. The van der Waals surface area contributed by atoms with Gasteiger partial charge in [0, 0.05) is 45.1 Å². The van der Waals surface area contributed by atoms with Gasteiger partial charge in [0.15, 0.2) is 0 Å². The summed E-state index contributed by atoms with van der Waals surface area (Å²) in [5, 5.41) is 8.77. The van der Waals surface area contributed by atoms with Gasteiger partial charge in [-0.15, -0.1) is 10.2 Å². The number of halogens is 1. The first-order valence-electron chi connectivity index (χ1n) is 9.31. The zero-order valence-corrected chi connectivity index (χ0v) is 16.2. The molecule has 0 aliphatic carbocycles. The maximum absolute atomic E-state index is 13.2. The van der Waals surface area contributed by atoms with Crippen LogP contribution in [0, 0.1) is 5.82 Å². The number of rotatable bonds is 3. The highest BCUT2D eigenvalue weighted by Crippen LogP contribution is 2.30. The average Bonchev–Trinajstić information content (AvgIpc) is 2.99. The van der Waals surface area contributed by atoms with E-state index < -0.39 is 15.8 Å². The highest BCUT2D eigenvalue weighted by Gasteiger charge is 2.33. The standard InChI is InChI=1S/C18H24FN5O2S/c1-22-10-8-17-20-21-18(24(17)12-11-22)14-3-2-9-23(13-14)27(25,26)16-6-4-15(19)5-7-16/h4-7,14H,2-3,8-13H2,1H3. The van der Waals surface area contributed by atoms with E-state index in [0.29, 0.717) is 13.1 Å². The van der Waals surface area contributed by atoms with Gasteiger partial charge >= 0.3 is 0 Å². The van der Waals surface area contributed by atoms with Crippen molar-refractivity contribution in [3.8, 4) is 0 Å². The molecule has 0 N–H and O–H groups in total. The summed E-state index contributed by atoms with van der Waals surface area (Å²) in [6, 6.07) is 5.02.